The van der Waals surface area contributed by atoms with E-state index >= 15 is 0 Å². The second kappa shape index (κ2) is 7.53. The van der Waals surface area contributed by atoms with Crippen LogP contribution >= 0.6 is 0 Å². The molecule has 3 heterocycles. The summed E-state index contributed by atoms with van der Waals surface area (Å²) in [5, 5.41) is 23.5. The van der Waals surface area contributed by atoms with Gasteiger partial charge in [0.2, 0.25) is 0 Å². The lowest BCUT2D eigenvalue weighted by Gasteiger charge is -2.18. The van der Waals surface area contributed by atoms with Crippen molar-refractivity contribution in [1.82, 2.24) is 20.2 Å². The first-order valence-electron chi connectivity index (χ1n) is 9.05. The minimum atomic E-state index is -0.623. The first kappa shape index (κ1) is 18.3. The summed E-state index contributed by atoms with van der Waals surface area (Å²) >= 11 is 0. The minimum Gasteiger partial charge on any atom is -0.441 e. The average Bonchev–Trinajstić information content (AvgIpc) is 3.38. The van der Waals surface area contributed by atoms with Crippen molar-refractivity contribution in [1.29, 1.82) is 5.26 Å². The van der Waals surface area contributed by atoms with Gasteiger partial charge in [0.1, 0.15) is 18.2 Å². The molecular formula is C18H20N6O4. The number of fused-ring (bicyclic) bond motifs is 1. The Hall–Kier alpha value is -3.03. The minimum absolute atomic E-state index is 0.164. The Labute approximate surface area is 161 Å². The predicted molar refractivity (Wildman–Crippen MR) is 95.5 cm³/mol. The zero-order valence-corrected chi connectivity index (χ0v) is 15.5. The standard InChI is InChI=1S/C18H20N6O4/c1-10(2)17-21-22-23-24(17)13-8-26-16-14(9-27-15(13)16)28-18(25)20-12-5-3-4-11(6-12)7-19/h3-6,10,13-16H,8-9H2,1-2H3,(H,20,25). The molecule has 2 aliphatic rings. The van der Waals surface area contributed by atoms with E-state index in [2.05, 4.69) is 20.8 Å². The van der Waals surface area contributed by atoms with Crippen LogP contribution in [-0.4, -0.2) is 57.8 Å². The molecule has 0 bridgehead atoms. The van der Waals surface area contributed by atoms with Crippen LogP contribution in [0.4, 0.5) is 10.5 Å². The molecule has 2 aromatic rings. The lowest BCUT2D eigenvalue weighted by molar-refractivity contribution is 0.00763. The molecule has 10 nitrogen and oxygen atoms in total. The lowest BCUT2D eigenvalue weighted by atomic mass is 10.1. The van der Waals surface area contributed by atoms with Crippen molar-refractivity contribution in [3.8, 4) is 6.07 Å². The zero-order chi connectivity index (χ0) is 19.7. The normalized spacial score (nSPS) is 26.1. The quantitative estimate of drug-likeness (QED) is 0.843. The molecule has 10 heteroatoms. The van der Waals surface area contributed by atoms with Crippen molar-refractivity contribution in [2.75, 3.05) is 18.5 Å². The number of hydrogen-bond acceptors (Lipinski definition) is 8. The van der Waals surface area contributed by atoms with Gasteiger partial charge in [0.25, 0.3) is 0 Å². The molecule has 2 saturated heterocycles. The van der Waals surface area contributed by atoms with Gasteiger partial charge in [-0.2, -0.15) is 5.26 Å². The number of tetrazole rings is 1. The summed E-state index contributed by atoms with van der Waals surface area (Å²) in [5.74, 6) is 0.926. The molecular weight excluding hydrogens is 364 g/mol. The highest BCUT2D eigenvalue weighted by molar-refractivity contribution is 5.85. The van der Waals surface area contributed by atoms with Crippen LogP contribution in [0.15, 0.2) is 24.3 Å². The maximum Gasteiger partial charge on any atom is 0.412 e. The highest BCUT2D eigenvalue weighted by Crippen LogP contribution is 2.36. The molecule has 146 valence electrons. The van der Waals surface area contributed by atoms with Crippen molar-refractivity contribution < 1.29 is 19.0 Å². The van der Waals surface area contributed by atoms with E-state index in [1.54, 1.807) is 28.9 Å². The molecule has 1 aromatic carbocycles. The molecule has 0 radical (unpaired) electrons. The molecule has 0 spiro atoms. The lowest BCUT2D eigenvalue weighted by Crippen LogP contribution is -2.35. The van der Waals surface area contributed by atoms with E-state index in [0.717, 1.165) is 5.82 Å². The topological polar surface area (TPSA) is 124 Å². The van der Waals surface area contributed by atoms with E-state index < -0.39 is 12.2 Å². The van der Waals surface area contributed by atoms with Crippen LogP contribution in [-0.2, 0) is 14.2 Å². The van der Waals surface area contributed by atoms with Gasteiger partial charge in [0.05, 0.1) is 24.8 Å². The number of nitrogens with one attached hydrogen (secondary N) is 1. The van der Waals surface area contributed by atoms with Gasteiger partial charge in [-0.15, -0.1) is 5.10 Å². The summed E-state index contributed by atoms with van der Waals surface area (Å²) < 4.78 is 19.0. The third-order valence-electron chi connectivity index (χ3n) is 4.83. The summed E-state index contributed by atoms with van der Waals surface area (Å²) in [5.41, 5.74) is 0.937. The van der Waals surface area contributed by atoms with Gasteiger partial charge < -0.3 is 14.2 Å². The summed E-state index contributed by atoms with van der Waals surface area (Å²) in [6.45, 7) is 4.65. The number of hydrogen-bond donors (Lipinski definition) is 1. The predicted octanol–water partition coefficient (Wildman–Crippen LogP) is 1.62. The van der Waals surface area contributed by atoms with Crippen LogP contribution in [0.3, 0.4) is 0 Å². The molecule has 1 N–H and O–H groups in total. The molecule has 0 aliphatic carbocycles. The van der Waals surface area contributed by atoms with Crippen LogP contribution in [0.1, 0.15) is 37.2 Å². The van der Waals surface area contributed by atoms with E-state index in [1.807, 2.05) is 19.9 Å². The monoisotopic (exact) mass is 384 g/mol. The van der Waals surface area contributed by atoms with Crippen molar-refractivity contribution in [2.24, 2.45) is 0 Å². The molecule has 2 fully saturated rings. The SMILES string of the molecule is CC(C)c1nnnn1C1COC2C(OC(=O)Nc3cccc(C#N)c3)COC21. The van der Waals surface area contributed by atoms with E-state index in [1.165, 1.54) is 0 Å². The van der Waals surface area contributed by atoms with Gasteiger partial charge in [-0.05, 0) is 28.6 Å². The Balaban J connectivity index is 1.40. The third kappa shape index (κ3) is 3.42. The van der Waals surface area contributed by atoms with Crippen LogP contribution in [0.2, 0.25) is 0 Å². The van der Waals surface area contributed by atoms with Gasteiger partial charge in [0.15, 0.2) is 11.9 Å². The Morgan fingerprint density at radius 2 is 2.18 bits per heavy atom. The maximum atomic E-state index is 12.2. The number of ether oxygens (including phenoxy) is 3. The van der Waals surface area contributed by atoms with Gasteiger partial charge in [-0.1, -0.05) is 19.9 Å². The van der Waals surface area contributed by atoms with Gasteiger partial charge >= 0.3 is 6.09 Å². The fourth-order valence-corrected chi connectivity index (χ4v) is 3.52. The van der Waals surface area contributed by atoms with E-state index in [0.29, 0.717) is 17.9 Å². The van der Waals surface area contributed by atoms with Gasteiger partial charge in [-0.25, -0.2) is 9.48 Å². The second-order valence-electron chi connectivity index (χ2n) is 7.06. The first-order chi connectivity index (χ1) is 13.6. The molecule has 1 aromatic heterocycles. The van der Waals surface area contributed by atoms with Crippen molar-refractivity contribution >= 4 is 11.8 Å². The number of benzene rings is 1. The number of carbonyl (C=O) groups excluding carboxylic acids is 1. The average molecular weight is 384 g/mol. The largest absolute Gasteiger partial charge is 0.441 e. The molecule has 4 rings (SSSR count). The number of nitrogens with zero attached hydrogens (tertiary/aromatic N) is 5. The van der Waals surface area contributed by atoms with Crippen LogP contribution in [0.5, 0.6) is 0 Å². The van der Waals surface area contributed by atoms with Crippen molar-refractivity contribution in [3.05, 3.63) is 35.7 Å². The summed E-state index contributed by atoms with van der Waals surface area (Å²) in [7, 11) is 0. The Bertz CT molecular complexity index is 907. The van der Waals surface area contributed by atoms with Gasteiger partial charge in [-0.3, -0.25) is 5.32 Å². The fraction of sp³-hybridized carbons (Fsp3) is 0.500. The Kier molecular flexibility index (Phi) is 4.93. The number of carbonyl (C=O) groups is 1. The molecule has 1 amide bonds. The Morgan fingerprint density at radius 1 is 1.36 bits per heavy atom. The van der Waals surface area contributed by atoms with Crippen LogP contribution in [0, 0.1) is 11.3 Å². The molecule has 4 unspecified atom stereocenters. The summed E-state index contributed by atoms with van der Waals surface area (Å²) in [6.07, 6.45) is -1.83. The second-order valence-corrected chi connectivity index (χ2v) is 7.06. The highest BCUT2D eigenvalue weighted by Gasteiger charge is 2.51. The fourth-order valence-electron chi connectivity index (χ4n) is 3.52. The van der Waals surface area contributed by atoms with E-state index in [9.17, 15) is 4.79 Å². The van der Waals surface area contributed by atoms with Crippen LogP contribution < -0.4 is 5.32 Å². The maximum absolute atomic E-state index is 12.2. The zero-order valence-electron chi connectivity index (χ0n) is 15.5. The molecule has 0 saturated carbocycles. The number of anilines is 1. The van der Waals surface area contributed by atoms with Gasteiger partial charge in [0, 0.05) is 11.6 Å². The number of aromatic nitrogens is 4. The Morgan fingerprint density at radius 3 is 2.96 bits per heavy atom. The number of rotatable bonds is 4. The molecule has 28 heavy (non-hydrogen) atoms. The smallest absolute Gasteiger partial charge is 0.412 e. The molecule has 2 aliphatic heterocycles. The van der Waals surface area contributed by atoms with Crippen molar-refractivity contribution in [2.45, 2.75) is 44.1 Å². The summed E-state index contributed by atoms with van der Waals surface area (Å²) in [6, 6.07) is 8.46. The van der Waals surface area contributed by atoms with Crippen LogP contribution in [0.25, 0.3) is 0 Å². The number of nitriles is 1. The first-order valence-corrected chi connectivity index (χ1v) is 9.05. The van der Waals surface area contributed by atoms with Crippen molar-refractivity contribution in [3.63, 3.8) is 0 Å². The molecule has 4 atom stereocenters. The summed E-state index contributed by atoms with van der Waals surface area (Å²) in [4.78, 5) is 12.2. The van der Waals surface area contributed by atoms with E-state index in [4.69, 9.17) is 19.5 Å². The van der Waals surface area contributed by atoms with E-state index in [-0.39, 0.29) is 30.8 Å². The number of amides is 1. The highest BCUT2D eigenvalue weighted by atomic mass is 16.6. The third-order valence-corrected chi connectivity index (χ3v) is 4.83.